The molecule has 0 aromatic heterocycles. The number of rotatable bonds is 9. The zero-order chi connectivity index (χ0) is 18.2. The van der Waals surface area contributed by atoms with Crippen LogP contribution in [0.3, 0.4) is 0 Å². The van der Waals surface area contributed by atoms with Crippen LogP contribution in [0.2, 0.25) is 0 Å². The van der Waals surface area contributed by atoms with Crippen molar-refractivity contribution in [3.63, 3.8) is 0 Å². The number of hydrogen-bond donors (Lipinski definition) is 0. The van der Waals surface area contributed by atoms with Gasteiger partial charge in [0.25, 0.3) is 0 Å². The number of methoxy groups -OCH3 is 1. The summed E-state index contributed by atoms with van der Waals surface area (Å²) in [6.07, 6.45) is 6.00. The third-order valence-corrected chi connectivity index (χ3v) is 4.33. The number of benzene rings is 1. The van der Waals surface area contributed by atoms with Gasteiger partial charge in [-0.25, -0.2) is 0 Å². The summed E-state index contributed by atoms with van der Waals surface area (Å²) in [6.45, 7) is 3.03. The number of nitrogens with zero attached hydrogens (tertiary/aromatic N) is 2. The van der Waals surface area contributed by atoms with Crippen LogP contribution in [-0.2, 0) is 4.79 Å². The third kappa shape index (κ3) is 5.39. The predicted molar refractivity (Wildman–Crippen MR) is 97.6 cm³/mol. The van der Waals surface area contributed by atoms with Gasteiger partial charge < -0.3 is 14.3 Å². The van der Waals surface area contributed by atoms with Crippen LogP contribution in [0.25, 0.3) is 0 Å². The zero-order valence-electron chi connectivity index (χ0n) is 15.2. The summed E-state index contributed by atoms with van der Waals surface area (Å²) in [5.41, 5.74) is 1.03. The van der Waals surface area contributed by atoms with Gasteiger partial charge in [0, 0.05) is 30.3 Å². The molecule has 6 heteroatoms. The molecule has 0 amide bonds. The number of ether oxygens (including phenoxy) is 2. The quantitative estimate of drug-likeness (QED) is 0.390. The van der Waals surface area contributed by atoms with Crippen molar-refractivity contribution in [2.75, 3.05) is 27.3 Å². The molecule has 25 heavy (non-hydrogen) atoms. The Morgan fingerprint density at radius 1 is 1.40 bits per heavy atom. The van der Waals surface area contributed by atoms with E-state index < -0.39 is 0 Å². The summed E-state index contributed by atoms with van der Waals surface area (Å²) in [4.78, 5) is 29.2. The fraction of sp³-hybridized carbons (Fsp3) is 0.526. The highest BCUT2D eigenvalue weighted by molar-refractivity contribution is 5.87. The molecule has 0 aliphatic carbocycles. The van der Waals surface area contributed by atoms with Crippen molar-refractivity contribution in [1.29, 1.82) is 0 Å². The summed E-state index contributed by atoms with van der Waals surface area (Å²) >= 11 is 0. The minimum absolute atomic E-state index is 0.137. The van der Waals surface area contributed by atoms with Crippen LogP contribution in [0.5, 0.6) is 11.5 Å². The van der Waals surface area contributed by atoms with Crippen LogP contribution in [-0.4, -0.2) is 56.5 Å². The van der Waals surface area contributed by atoms with E-state index in [1.54, 1.807) is 19.1 Å². The maximum atomic E-state index is 11.4. The summed E-state index contributed by atoms with van der Waals surface area (Å²) < 4.78 is 11.0. The van der Waals surface area contributed by atoms with Gasteiger partial charge in [-0.15, -0.1) is 0 Å². The molecule has 1 saturated heterocycles. The van der Waals surface area contributed by atoms with E-state index in [1.807, 2.05) is 6.21 Å². The van der Waals surface area contributed by atoms with Crippen molar-refractivity contribution < 1.29 is 19.1 Å². The standard InChI is InChI=1S/C19H26N2O4/c1-14(23)6-5-9-25-19-11-17(15(13-22)10-18(19)24-3)20-12-16-7-4-8-21(16)2/h10-13,16H,4-9H2,1-3H3/b20-12-. The number of Topliss-reactive ketones (excluding diaryl/α,β-unsaturated/α-hetero) is 1. The first-order valence-electron chi connectivity index (χ1n) is 8.59. The van der Waals surface area contributed by atoms with E-state index in [0.717, 1.165) is 25.7 Å². The Hall–Kier alpha value is -2.21. The Morgan fingerprint density at radius 2 is 2.20 bits per heavy atom. The lowest BCUT2D eigenvalue weighted by Gasteiger charge is -2.15. The highest BCUT2D eigenvalue weighted by atomic mass is 16.5. The Morgan fingerprint density at radius 3 is 2.80 bits per heavy atom. The molecule has 6 nitrogen and oxygen atoms in total. The molecule has 1 aliphatic rings. The fourth-order valence-corrected chi connectivity index (χ4v) is 2.84. The lowest BCUT2D eigenvalue weighted by molar-refractivity contribution is -0.117. The molecule has 0 bridgehead atoms. The molecule has 1 aliphatic heterocycles. The van der Waals surface area contributed by atoms with Gasteiger partial charge in [-0.05, 0) is 45.8 Å². The Kier molecular flexibility index (Phi) is 7.13. The molecule has 0 N–H and O–H groups in total. The number of hydrogen-bond acceptors (Lipinski definition) is 6. The molecular formula is C19H26N2O4. The second-order valence-electron chi connectivity index (χ2n) is 6.30. The zero-order valence-corrected chi connectivity index (χ0v) is 15.2. The maximum Gasteiger partial charge on any atom is 0.163 e. The van der Waals surface area contributed by atoms with Gasteiger partial charge in [0.15, 0.2) is 17.8 Å². The molecule has 0 saturated carbocycles. The number of carbonyl (C=O) groups is 2. The largest absolute Gasteiger partial charge is 0.493 e. The molecule has 0 radical (unpaired) electrons. The molecule has 1 aromatic carbocycles. The summed E-state index contributed by atoms with van der Waals surface area (Å²) in [5, 5.41) is 0. The van der Waals surface area contributed by atoms with E-state index in [9.17, 15) is 9.59 Å². The Bertz CT molecular complexity index is 643. The van der Waals surface area contributed by atoms with Crippen molar-refractivity contribution in [3.05, 3.63) is 17.7 Å². The van der Waals surface area contributed by atoms with E-state index in [2.05, 4.69) is 16.9 Å². The van der Waals surface area contributed by atoms with Crippen molar-refractivity contribution in [3.8, 4) is 11.5 Å². The number of ketones is 1. The Balaban J connectivity index is 2.16. The normalized spacial score (nSPS) is 17.8. The van der Waals surface area contributed by atoms with Crippen LogP contribution < -0.4 is 9.47 Å². The molecule has 1 unspecified atom stereocenters. The first kappa shape index (κ1) is 19.1. The van der Waals surface area contributed by atoms with Crippen LogP contribution in [0, 0.1) is 0 Å². The van der Waals surface area contributed by atoms with Gasteiger partial charge in [-0.1, -0.05) is 0 Å². The van der Waals surface area contributed by atoms with Gasteiger partial charge in [0.2, 0.25) is 0 Å². The average molecular weight is 346 g/mol. The first-order chi connectivity index (χ1) is 12.0. The molecular weight excluding hydrogens is 320 g/mol. The van der Waals surface area contributed by atoms with Crippen LogP contribution in [0.1, 0.15) is 43.0 Å². The molecule has 136 valence electrons. The van der Waals surface area contributed by atoms with E-state index >= 15 is 0 Å². The van der Waals surface area contributed by atoms with Crippen LogP contribution in [0.15, 0.2) is 17.1 Å². The molecule has 2 rings (SSSR count). The molecule has 1 heterocycles. The highest BCUT2D eigenvalue weighted by Crippen LogP contribution is 2.34. The second-order valence-corrected chi connectivity index (χ2v) is 6.30. The maximum absolute atomic E-state index is 11.4. The molecule has 1 fully saturated rings. The monoisotopic (exact) mass is 346 g/mol. The van der Waals surface area contributed by atoms with E-state index in [0.29, 0.717) is 48.2 Å². The first-order valence-corrected chi connectivity index (χ1v) is 8.59. The lowest BCUT2D eigenvalue weighted by Crippen LogP contribution is -2.25. The summed E-state index contributed by atoms with van der Waals surface area (Å²) in [7, 11) is 3.60. The smallest absolute Gasteiger partial charge is 0.163 e. The van der Waals surface area contributed by atoms with Gasteiger partial charge >= 0.3 is 0 Å². The van der Waals surface area contributed by atoms with E-state index in [-0.39, 0.29) is 5.78 Å². The van der Waals surface area contributed by atoms with Crippen molar-refractivity contribution >= 4 is 24.0 Å². The molecule has 1 atom stereocenters. The van der Waals surface area contributed by atoms with Crippen LogP contribution >= 0.6 is 0 Å². The SMILES string of the molecule is COc1cc(C=O)c(/N=C\C2CCCN2C)cc1OCCCC(C)=O. The topological polar surface area (TPSA) is 68.2 Å². The predicted octanol–water partition coefficient (Wildman–Crippen LogP) is 3.05. The molecule has 1 aromatic rings. The van der Waals surface area contributed by atoms with E-state index in [4.69, 9.17) is 9.47 Å². The minimum atomic E-state index is 0.137. The Labute approximate surface area is 148 Å². The summed E-state index contributed by atoms with van der Waals surface area (Å²) in [6, 6.07) is 3.65. The summed E-state index contributed by atoms with van der Waals surface area (Å²) in [5.74, 6) is 1.16. The van der Waals surface area contributed by atoms with Gasteiger partial charge in [-0.2, -0.15) is 0 Å². The second kappa shape index (κ2) is 9.32. The number of aliphatic imine (C=N–C) groups is 1. The lowest BCUT2D eigenvalue weighted by atomic mass is 10.1. The van der Waals surface area contributed by atoms with E-state index in [1.165, 1.54) is 7.11 Å². The van der Waals surface area contributed by atoms with Gasteiger partial charge in [0.05, 0.1) is 19.4 Å². The number of likely N-dealkylation sites (tertiary alicyclic amines) is 1. The number of carbonyl (C=O) groups excluding carboxylic acids is 2. The van der Waals surface area contributed by atoms with Crippen LogP contribution in [0.4, 0.5) is 5.69 Å². The third-order valence-electron chi connectivity index (χ3n) is 4.33. The highest BCUT2D eigenvalue weighted by Gasteiger charge is 2.19. The van der Waals surface area contributed by atoms with Gasteiger partial charge in [-0.3, -0.25) is 14.7 Å². The minimum Gasteiger partial charge on any atom is -0.493 e. The van der Waals surface area contributed by atoms with Crippen molar-refractivity contribution in [2.45, 2.75) is 38.6 Å². The number of aldehydes is 1. The van der Waals surface area contributed by atoms with Crippen molar-refractivity contribution in [2.24, 2.45) is 4.99 Å². The van der Waals surface area contributed by atoms with Gasteiger partial charge in [0.1, 0.15) is 5.78 Å². The van der Waals surface area contributed by atoms with Crippen molar-refractivity contribution in [1.82, 2.24) is 4.90 Å². The average Bonchev–Trinajstić information content (AvgIpc) is 3.01. The fourth-order valence-electron chi connectivity index (χ4n) is 2.84. The molecule has 0 spiro atoms.